The minimum Gasteiger partial charge on any atom is -0.455 e. The zero-order chi connectivity index (χ0) is 10.8. The second kappa shape index (κ2) is 4.42. The van der Waals surface area contributed by atoms with Crippen LogP contribution >= 0.6 is 0 Å². The van der Waals surface area contributed by atoms with Gasteiger partial charge in [-0.05, 0) is 38.3 Å². The summed E-state index contributed by atoms with van der Waals surface area (Å²) in [5, 5.41) is 1.41. The lowest BCUT2D eigenvalue weighted by atomic mass is 10.2. The summed E-state index contributed by atoms with van der Waals surface area (Å²) in [5.41, 5.74) is 1.32. The highest BCUT2D eigenvalue weighted by Crippen LogP contribution is 2.08. The number of hydrogen-bond donors (Lipinski definition) is 0. The monoisotopic (exact) mass is 224 g/mol. The summed E-state index contributed by atoms with van der Waals surface area (Å²) < 4.78 is 6.14. The van der Waals surface area contributed by atoms with Crippen LogP contribution in [0.5, 0.6) is 0 Å². The van der Waals surface area contributed by atoms with Gasteiger partial charge in [0.1, 0.15) is 0 Å². The fraction of sp³-hybridized carbons (Fsp3) is 0.455. The quantitative estimate of drug-likeness (QED) is 0.717. The first-order valence-electron chi connectivity index (χ1n) is 5.17. The van der Waals surface area contributed by atoms with Crippen molar-refractivity contribution in [3.63, 3.8) is 0 Å². The Kier molecular flexibility index (Phi) is 3.69. The Bertz CT molecular complexity index is 291. The SMILES string of the molecule is Cc1ccc([Si](C)(C)O[SiH](C)C)cc1. The van der Waals surface area contributed by atoms with Gasteiger partial charge in [-0.2, -0.15) is 0 Å². The van der Waals surface area contributed by atoms with Crippen LogP contribution in [0.4, 0.5) is 0 Å². The van der Waals surface area contributed by atoms with Crippen molar-refractivity contribution in [2.24, 2.45) is 0 Å². The first-order valence-corrected chi connectivity index (χ1v) is 10.9. The summed E-state index contributed by atoms with van der Waals surface area (Å²) in [6.07, 6.45) is 0. The Morgan fingerprint density at radius 2 is 1.57 bits per heavy atom. The highest BCUT2D eigenvalue weighted by Gasteiger charge is 2.25. The van der Waals surface area contributed by atoms with E-state index in [0.717, 1.165) is 0 Å². The van der Waals surface area contributed by atoms with Gasteiger partial charge in [0.25, 0.3) is 0 Å². The molecule has 1 aromatic carbocycles. The van der Waals surface area contributed by atoms with Crippen LogP contribution in [0.3, 0.4) is 0 Å². The molecular weight excluding hydrogens is 204 g/mol. The maximum atomic E-state index is 6.14. The minimum atomic E-state index is -1.60. The van der Waals surface area contributed by atoms with Crippen molar-refractivity contribution in [3.8, 4) is 0 Å². The summed E-state index contributed by atoms with van der Waals surface area (Å²) >= 11 is 0. The molecule has 0 fully saturated rings. The molecule has 0 amide bonds. The topological polar surface area (TPSA) is 9.23 Å². The lowest BCUT2D eigenvalue weighted by Crippen LogP contribution is -2.47. The molecular formula is C11H20OSi2. The zero-order valence-electron chi connectivity index (χ0n) is 9.79. The van der Waals surface area contributed by atoms with E-state index in [4.69, 9.17) is 4.12 Å². The van der Waals surface area contributed by atoms with Gasteiger partial charge in [0.2, 0.25) is 8.32 Å². The predicted octanol–water partition coefficient (Wildman–Crippen LogP) is 2.41. The fourth-order valence-electron chi connectivity index (χ4n) is 1.61. The fourth-order valence-corrected chi connectivity index (χ4v) is 7.84. The van der Waals surface area contributed by atoms with Gasteiger partial charge in [0.05, 0.1) is 0 Å². The van der Waals surface area contributed by atoms with Gasteiger partial charge in [-0.25, -0.2) is 0 Å². The van der Waals surface area contributed by atoms with Gasteiger partial charge < -0.3 is 4.12 Å². The van der Waals surface area contributed by atoms with Crippen LogP contribution in [0.15, 0.2) is 24.3 Å². The summed E-state index contributed by atoms with van der Waals surface area (Å²) in [6, 6.07) is 8.79. The van der Waals surface area contributed by atoms with E-state index in [1.54, 1.807) is 0 Å². The molecule has 0 radical (unpaired) electrons. The largest absolute Gasteiger partial charge is 0.455 e. The van der Waals surface area contributed by atoms with Gasteiger partial charge in [-0.1, -0.05) is 29.8 Å². The lowest BCUT2D eigenvalue weighted by molar-refractivity contribution is 0.590. The van der Waals surface area contributed by atoms with Crippen LogP contribution in [-0.2, 0) is 4.12 Å². The van der Waals surface area contributed by atoms with Crippen molar-refractivity contribution in [2.75, 3.05) is 0 Å². The highest BCUT2D eigenvalue weighted by atomic mass is 28.4. The van der Waals surface area contributed by atoms with Crippen LogP contribution in [0.2, 0.25) is 26.2 Å². The molecule has 0 N–H and O–H groups in total. The van der Waals surface area contributed by atoms with E-state index in [2.05, 4.69) is 57.4 Å². The van der Waals surface area contributed by atoms with Crippen molar-refractivity contribution < 1.29 is 4.12 Å². The first kappa shape index (κ1) is 11.7. The molecule has 0 saturated heterocycles. The van der Waals surface area contributed by atoms with Crippen LogP contribution < -0.4 is 5.19 Å². The van der Waals surface area contributed by atoms with Crippen LogP contribution in [0.1, 0.15) is 5.56 Å². The Labute approximate surface area is 90.0 Å². The van der Waals surface area contributed by atoms with E-state index >= 15 is 0 Å². The van der Waals surface area contributed by atoms with E-state index < -0.39 is 17.4 Å². The molecule has 1 nitrogen and oxygen atoms in total. The van der Waals surface area contributed by atoms with Crippen LogP contribution in [0.25, 0.3) is 0 Å². The molecule has 0 aliphatic heterocycles. The molecule has 0 spiro atoms. The zero-order valence-corrected chi connectivity index (χ0v) is 11.9. The maximum Gasteiger partial charge on any atom is 0.205 e. The summed E-state index contributed by atoms with van der Waals surface area (Å²) in [5.74, 6) is 0. The smallest absolute Gasteiger partial charge is 0.205 e. The molecule has 0 bridgehead atoms. The maximum absolute atomic E-state index is 6.14. The standard InChI is InChI=1S/C11H20OSi2/c1-10-6-8-11(9-7-10)14(4,5)12-13(2)3/h6-9,13H,1-5H3. The van der Waals surface area contributed by atoms with Crippen molar-refractivity contribution in [1.82, 2.24) is 0 Å². The third-order valence-electron chi connectivity index (χ3n) is 2.28. The molecule has 1 rings (SSSR count). The molecule has 0 aromatic heterocycles. The van der Waals surface area contributed by atoms with E-state index in [-0.39, 0.29) is 0 Å². The lowest BCUT2D eigenvalue weighted by Gasteiger charge is -2.26. The minimum absolute atomic E-state index is 0.916. The second-order valence-corrected chi connectivity index (χ2v) is 11.2. The highest BCUT2D eigenvalue weighted by molar-refractivity contribution is 6.88. The predicted molar refractivity (Wildman–Crippen MR) is 68.3 cm³/mol. The molecule has 78 valence electrons. The van der Waals surface area contributed by atoms with Crippen molar-refractivity contribution in [1.29, 1.82) is 0 Å². The van der Waals surface area contributed by atoms with Gasteiger partial charge in [0, 0.05) is 0 Å². The van der Waals surface area contributed by atoms with Gasteiger partial charge in [-0.3, -0.25) is 0 Å². The van der Waals surface area contributed by atoms with Crippen LogP contribution in [-0.4, -0.2) is 17.4 Å². The number of hydrogen-bond acceptors (Lipinski definition) is 1. The summed E-state index contributed by atoms with van der Waals surface area (Å²) in [6.45, 7) is 11.2. The second-order valence-electron chi connectivity index (χ2n) is 4.54. The van der Waals surface area contributed by atoms with E-state index in [0.29, 0.717) is 0 Å². The molecule has 14 heavy (non-hydrogen) atoms. The molecule has 0 unspecified atom stereocenters. The molecule has 1 aromatic rings. The normalized spacial score (nSPS) is 12.1. The average molecular weight is 224 g/mol. The van der Waals surface area contributed by atoms with Crippen molar-refractivity contribution in [3.05, 3.63) is 29.8 Å². The molecule has 3 heteroatoms. The summed E-state index contributed by atoms with van der Waals surface area (Å²) in [4.78, 5) is 0. The molecule has 0 heterocycles. The molecule has 0 saturated carbocycles. The van der Waals surface area contributed by atoms with Crippen LogP contribution in [0, 0.1) is 6.92 Å². The van der Waals surface area contributed by atoms with Crippen molar-refractivity contribution in [2.45, 2.75) is 33.1 Å². The van der Waals surface area contributed by atoms with Crippen molar-refractivity contribution >= 4 is 22.5 Å². The third kappa shape index (κ3) is 3.08. The van der Waals surface area contributed by atoms with Gasteiger partial charge in [-0.15, -0.1) is 0 Å². The number of aryl methyl sites for hydroxylation is 1. The Morgan fingerprint density at radius 3 is 2.00 bits per heavy atom. The Morgan fingerprint density at radius 1 is 1.07 bits per heavy atom. The molecule has 0 atom stereocenters. The number of benzene rings is 1. The van der Waals surface area contributed by atoms with E-state index in [1.165, 1.54) is 10.8 Å². The van der Waals surface area contributed by atoms with E-state index in [9.17, 15) is 0 Å². The summed E-state index contributed by atoms with van der Waals surface area (Å²) in [7, 11) is -2.52. The Hall–Kier alpha value is -0.386. The Balaban J connectivity index is 2.86. The molecule has 0 aliphatic carbocycles. The molecule has 0 aliphatic rings. The third-order valence-corrected chi connectivity index (χ3v) is 8.24. The average Bonchev–Trinajstić information content (AvgIpc) is 2.02. The number of rotatable bonds is 3. The first-order chi connectivity index (χ1) is 6.42. The van der Waals surface area contributed by atoms with Gasteiger partial charge >= 0.3 is 0 Å². The van der Waals surface area contributed by atoms with E-state index in [1.807, 2.05) is 0 Å². The van der Waals surface area contributed by atoms with Gasteiger partial charge in [0.15, 0.2) is 9.04 Å².